The first kappa shape index (κ1) is 12.9. The van der Waals surface area contributed by atoms with Gasteiger partial charge in [-0.2, -0.15) is 13.2 Å². The molecule has 0 saturated carbocycles. The van der Waals surface area contributed by atoms with E-state index in [4.69, 9.17) is 0 Å². The van der Waals surface area contributed by atoms with E-state index in [1.807, 2.05) is 5.32 Å². The van der Waals surface area contributed by atoms with Gasteiger partial charge in [-0.1, -0.05) is 0 Å². The molecule has 0 aliphatic rings. The Balaban J connectivity index is 3.14. The molecule has 1 N–H and O–H groups in total. The molecule has 5 nitrogen and oxygen atoms in total. The highest BCUT2D eigenvalue weighted by molar-refractivity contribution is 5.84. The van der Waals surface area contributed by atoms with Crippen LogP contribution >= 0.6 is 0 Å². The zero-order chi connectivity index (χ0) is 13.1. The number of alkyl halides is 3. The van der Waals surface area contributed by atoms with E-state index < -0.39 is 23.4 Å². The lowest BCUT2D eigenvalue weighted by molar-refractivity contribution is -0.137. The third-order valence-corrected chi connectivity index (χ3v) is 1.78. The van der Waals surface area contributed by atoms with Crippen LogP contribution in [-0.2, 0) is 10.9 Å². The summed E-state index contributed by atoms with van der Waals surface area (Å²) in [4.78, 5) is 24.7. The van der Waals surface area contributed by atoms with Crippen LogP contribution in [-0.4, -0.2) is 24.5 Å². The molecule has 1 amide bonds. The maximum atomic E-state index is 12.5. The molecule has 0 radical (unpaired) electrons. The van der Waals surface area contributed by atoms with Crippen molar-refractivity contribution in [3.8, 4) is 0 Å². The number of carbonyl (C=O) groups is 2. The number of anilines is 1. The van der Waals surface area contributed by atoms with E-state index in [-0.39, 0.29) is 12.1 Å². The molecule has 0 saturated heterocycles. The molecule has 17 heavy (non-hydrogen) atoms. The van der Waals surface area contributed by atoms with Gasteiger partial charge in [-0.25, -0.2) is 9.78 Å². The molecule has 0 aromatic carbocycles. The molecule has 0 spiro atoms. The average molecular weight is 248 g/mol. The number of methoxy groups -OCH3 is 1. The number of carbonyl (C=O) groups excluding carboxylic acids is 2. The molecule has 0 aliphatic heterocycles. The van der Waals surface area contributed by atoms with Crippen molar-refractivity contribution < 1.29 is 27.5 Å². The number of aldehydes is 1. The van der Waals surface area contributed by atoms with Gasteiger partial charge >= 0.3 is 12.3 Å². The smallest absolute Gasteiger partial charge is 0.417 e. The molecule has 0 aliphatic carbocycles. The van der Waals surface area contributed by atoms with Crippen molar-refractivity contribution in [1.82, 2.24) is 4.98 Å². The number of aromatic nitrogens is 1. The minimum absolute atomic E-state index is 0.0394. The second-order valence-electron chi connectivity index (χ2n) is 2.89. The fraction of sp³-hybridized carbons (Fsp3) is 0.222. The van der Waals surface area contributed by atoms with E-state index in [1.54, 1.807) is 0 Å². The number of rotatable bonds is 2. The molecule has 1 aromatic rings. The lowest BCUT2D eigenvalue weighted by Crippen LogP contribution is -2.15. The van der Waals surface area contributed by atoms with E-state index in [0.717, 1.165) is 13.3 Å². The average Bonchev–Trinajstić information content (AvgIpc) is 2.27. The Bertz CT molecular complexity index is 446. The second kappa shape index (κ2) is 4.81. The minimum Gasteiger partial charge on any atom is -0.453 e. The standard InChI is InChI=1S/C9H7F3N2O3/c1-17-8(16)14-7-2-6(9(10,11)12)5(4-15)3-13-7/h2-4H,1H3,(H,13,14,16). The maximum Gasteiger partial charge on any atom is 0.417 e. The van der Waals surface area contributed by atoms with Crippen molar-refractivity contribution >= 4 is 18.2 Å². The summed E-state index contributed by atoms with van der Waals surface area (Å²) in [5.41, 5.74) is -1.78. The van der Waals surface area contributed by atoms with E-state index in [0.29, 0.717) is 6.07 Å². The van der Waals surface area contributed by atoms with Crippen LogP contribution < -0.4 is 5.32 Å². The Hall–Kier alpha value is -2.12. The molecular formula is C9H7F3N2O3. The molecule has 0 bridgehead atoms. The summed E-state index contributed by atoms with van der Waals surface area (Å²) < 4.78 is 41.7. The van der Waals surface area contributed by atoms with Gasteiger partial charge in [0.1, 0.15) is 5.82 Å². The van der Waals surface area contributed by atoms with Gasteiger partial charge < -0.3 is 4.74 Å². The van der Waals surface area contributed by atoms with Crippen LogP contribution in [0.5, 0.6) is 0 Å². The molecule has 1 aromatic heterocycles. The Morgan fingerprint density at radius 1 is 1.53 bits per heavy atom. The van der Waals surface area contributed by atoms with Crippen LogP contribution in [0.2, 0.25) is 0 Å². The topological polar surface area (TPSA) is 68.3 Å². The number of hydrogen-bond donors (Lipinski definition) is 1. The van der Waals surface area contributed by atoms with Gasteiger partial charge in [0.2, 0.25) is 0 Å². The molecule has 8 heteroatoms. The van der Waals surface area contributed by atoms with Crippen molar-refractivity contribution in [1.29, 1.82) is 0 Å². The lowest BCUT2D eigenvalue weighted by atomic mass is 10.1. The molecular weight excluding hydrogens is 241 g/mol. The highest BCUT2D eigenvalue weighted by Gasteiger charge is 2.34. The molecule has 1 heterocycles. The highest BCUT2D eigenvalue weighted by Crippen LogP contribution is 2.32. The Labute approximate surface area is 93.6 Å². The van der Waals surface area contributed by atoms with Crippen molar-refractivity contribution in [3.63, 3.8) is 0 Å². The number of hydrogen-bond acceptors (Lipinski definition) is 4. The molecule has 0 fully saturated rings. The SMILES string of the molecule is COC(=O)Nc1cc(C(F)(F)F)c(C=O)cn1. The third kappa shape index (κ3) is 3.16. The Kier molecular flexibility index (Phi) is 3.66. The van der Waals surface area contributed by atoms with E-state index >= 15 is 0 Å². The van der Waals surface area contributed by atoms with Gasteiger partial charge in [-0.15, -0.1) is 0 Å². The van der Waals surface area contributed by atoms with Gasteiger partial charge in [-0.3, -0.25) is 10.1 Å². The number of nitrogens with one attached hydrogen (secondary N) is 1. The first-order valence-corrected chi connectivity index (χ1v) is 4.26. The highest BCUT2D eigenvalue weighted by atomic mass is 19.4. The summed E-state index contributed by atoms with van der Waals surface area (Å²) in [7, 11) is 1.06. The summed E-state index contributed by atoms with van der Waals surface area (Å²) >= 11 is 0. The lowest BCUT2D eigenvalue weighted by Gasteiger charge is -2.10. The largest absolute Gasteiger partial charge is 0.453 e. The molecule has 1 rings (SSSR count). The fourth-order valence-electron chi connectivity index (χ4n) is 1.03. The van der Waals surface area contributed by atoms with E-state index in [2.05, 4.69) is 9.72 Å². The first-order valence-electron chi connectivity index (χ1n) is 4.26. The Morgan fingerprint density at radius 3 is 2.65 bits per heavy atom. The van der Waals surface area contributed by atoms with Gasteiger partial charge in [0, 0.05) is 11.8 Å². The molecule has 92 valence electrons. The van der Waals surface area contributed by atoms with E-state index in [9.17, 15) is 22.8 Å². The van der Waals surface area contributed by atoms with Crippen molar-refractivity contribution in [2.45, 2.75) is 6.18 Å². The van der Waals surface area contributed by atoms with Gasteiger partial charge in [-0.05, 0) is 6.07 Å². The number of amides is 1. The second-order valence-corrected chi connectivity index (χ2v) is 2.89. The van der Waals surface area contributed by atoms with Crippen molar-refractivity contribution in [2.75, 3.05) is 12.4 Å². The van der Waals surface area contributed by atoms with Crippen LogP contribution in [0.3, 0.4) is 0 Å². The number of ether oxygens (including phenoxy) is 1. The predicted octanol–water partition coefficient (Wildman–Crippen LogP) is 2.09. The molecule has 0 atom stereocenters. The monoisotopic (exact) mass is 248 g/mol. The van der Waals surface area contributed by atoms with Gasteiger partial charge in [0.25, 0.3) is 0 Å². The van der Waals surface area contributed by atoms with Crippen LogP contribution in [0.15, 0.2) is 12.3 Å². The zero-order valence-electron chi connectivity index (χ0n) is 8.54. The maximum absolute atomic E-state index is 12.5. The summed E-state index contributed by atoms with van der Waals surface area (Å²) in [6, 6.07) is 0.556. The number of halogens is 3. The minimum atomic E-state index is -4.70. The quantitative estimate of drug-likeness (QED) is 0.813. The summed E-state index contributed by atoms with van der Waals surface area (Å²) in [6.45, 7) is 0. The van der Waals surface area contributed by atoms with Crippen LogP contribution in [0, 0.1) is 0 Å². The predicted molar refractivity (Wildman–Crippen MR) is 50.7 cm³/mol. The van der Waals surface area contributed by atoms with Gasteiger partial charge in [0.15, 0.2) is 6.29 Å². The van der Waals surface area contributed by atoms with Gasteiger partial charge in [0.05, 0.1) is 12.7 Å². The molecule has 0 unspecified atom stereocenters. The summed E-state index contributed by atoms with van der Waals surface area (Å²) in [6.07, 6.45) is -4.89. The van der Waals surface area contributed by atoms with Crippen LogP contribution in [0.1, 0.15) is 15.9 Å². The Morgan fingerprint density at radius 2 is 2.18 bits per heavy atom. The summed E-state index contributed by atoms with van der Waals surface area (Å²) in [5, 5.41) is 1.97. The fourth-order valence-corrected chi connectivity index (χ4v) is 1.03. The van der Waals surface area contributed by atoms with Crippen LogP contribution in [0.25, 0.3) is 0 Å². The van der Waals surface area contributed by atoms with Crippen LogP contribution in [0.4, 0.5) is 23.8 Å². The normalized spacial score (nSPS) is 10.8. The third-order valence-electron chi connectivity index (χ3n) is 1.78. The van der Waals surface area contributed by atoms with Crippen molar-refractivity contribution in [3.05, 3.63) is 23.4 Å². The number of nitrogens with zero attached hydrogens (tertiary/aromatic N) is 1. The summed E-state index contributed by atoms with van der Waals surface area (Å²) in [5.74, 6) is -0.352. The van der Waals surface area contributed by atoms with Crippen molar-refractivity contribution in [2.24, 2.45) is 0 Å². The number of pyridine rings is 1. The zero-order valence-corrected chi connectivity index (χ0v) is 8.54. The van der Waals surface area contributed by atoms with E-state index in [1.165, 1.54) is 0 Å². The first-order chi connectivity index (χ1) is 7.88.